The van der Waals surface area contributed by atoms with Crippen molar-refractivity contribution >= 4 is 21.7 Å². The molecule has 1 saturated carbocycles. The van der Waals surface area contributed by atoms with E-state index < -0.39 is 11.0 Å². The molecule has 0 N–H and O–H groups in total. The number of ether oxygens (including phenoxy) is 2. The van der Waals surface area contributed by atoms with Gasteiger partial charge in [0.2, 0.25) is 0 Å². The van der Waals surface area contributed by atoms with Gasteiger partial charge in [0.25, 0.3) is 0 Å². The highest BCUT2D eigenvalue weighted by molar-refractivity contribution is 9.11. The molecule has 18 heavy (non-hydrogen) atoms. The molecule has 1 unspecified atom stereocenters. The topological polar surface area (TPSA) is 38.8 Å². The van der Waals surface area contributed by atoms with Crippen LogP contribution < -0.4 is 0 Å². The Hall–Kier alpha value is -0.190. The zero-order valence-corrected chi connectivity index (χ0v) is 12.2. The van der Waals surface area contributed by atoms with Crippen molar-refractivity contribution in [3.8, 4) is 0 Å². The van der Waals surface area contributed by atoms with Gasteiger partial charge in [-0.1, -0.05) is 22.0 Å². The van der Waals surface area contributed by atoms with Crippen LogP contribution in [0.4, 0.5) is 0 Å². The van der Waals surface area contributed by atoms with Crippen molar-refractivity contribution in [2.45, 2.75) is 37.9 Å². The number of hydrogen-bond donors (Lipinski definition) is 0. The van der Waals surface area contributed by atoms with Crippen LogP contribution in [0.1, 0.15) is 26.7 Å². The number of rotatable bonds is 0. The second-order valence-electron chi connectivity index (χ2n) is 6.81. The van der Waals surface area contributed by atoms with Gasteiger partial charge in [0.15, 0.2) is 11.4 Å². The molecule has 0 aromatic rings. The number of hydrogen-bond acceptors (Lipinski definition) is 3. The maximum atomic E-state index is 12.8. The van der Waals surface area contributed by atoms with E-state index >= 15 is 0 Å². The summed E-state index contributed by atoms with van der Waals surface area (Å²) in [6.45, 7) is 5.34. The second-order valence-corrected chi connectivity index (χ2v) is 7.73. The van der Waals surface area contributed by atoms with E-state index in [1.54, 1.807) is 0 Å². The van der Waals surface area contributed by atoms with E-state index in [1.165, 1.54) is 0 Å². The molecule has 2 heterocycles. The molecule has 2 spiro atoms. The van der Waals surface area contributed by atoms with E-state index in [9.17, 15) is 4.79 Å². The van der Waals surface area contributed by atoms with Gasteiger partial charge in [0, 0.05) is 5.92 Å². The average Bonchev–Trinajstić information content (AvgIpc) is 3.06. The molecule has 2 aliphatic heterocycles. The normalized spacial score (nSPS) is 52.2. The minimum Gasteiger partial charge on any atom is -0.374 e. The monoisotopic (exact) mass is 312 g/mol. The zero-order valence-electron chi connectivity index (χ0n) is 10.7. The second kappa shape index (κ2) is 3.10. The molecule has 0 radical (unpaired) electrons. The molecule has 98 valence electrons. The Balaban J connectivity index is 1.82. The van der Waals surface area contributed by atoms with E-state index in [0.29, 0.717) is 19.1 Å². The summed E-state index contributed by atoms with van der Waals surface area (Å²) in [5, 5.41) is 0. The van der Waals surface area contributed by atoms with Gasteiger partial charge in [-0.15, -0.1) is 0 Å². The van der Waals surface area contributed by atoms with Crippen molar-refractivity contribution in [1.29, 1.82) is 0 Å². The lowest BCUT2D eigenvalue weighted by Gasteiger charge is -2.56. The van der Waals surface area contributed by atoms with Gasteiger partial charge in [-0.3, -0.25) is 4.79 Å². The molecule has 3 aliphatic carbocycles. The third-order valence-electron chi connectivity index (χ3n) is 5.24. The van der Waals surface area contributed by atoms with Gasteiger partial charge in [-0.2, -0.15) is 0 Å². The number of epoxide rings is 1. The predicted octanol–water partition coefficient (Wildman–Crippen LogP) is 2.44. The molecule has 4 heteroatoms. The molecular weight excluding hydrogens is 296 g/mol. The van der Waals surface area contributed by atoms with Gasteiger partial charge >= 0.3 is 0 Å². The maximum absolute atomic E-state index is 12.8. The van der Waals surface area contributed by atoms with Crippen molar-refractivity contribution in [2.24, 2.45) is 17.3 Å². The summed E-state index contributed by atoms with van der Waals surface area (Å²) in [5.41, 5.74) is -1.04. The summed E-state index contributed by atoms with van der Waals surface area (Å²) in [6, 6.07) is 0. The van der Waals surface area contributed by atoms with E-state index in [-0.39, 0.29) is 17.3 Å². The fourth-order valence-electron chi connectivity index (χ4n) is 4.16. The van der Waals surface area contributed by atoms with Crippen molar-refractivity contribution in [3.05, 3.63) is 10.6 Å². The number of carbonyl (C=O) groups is 1. The molecule has 3 fully saturated rings. The van der Waals surface area contributed by atoms with Crippen LogP contribution in [0.25, 0.3) is 0 Å². The molecule has 0 amide bonds. The van der Waals surface area contributed by atoms with Gasteiger partial charge < -0.3 is 9.47 Å². The summed E-state index contributed by atoms with van der Waals surface area (Å²) >= 11 is 3.65. The van der Waals surface area contributed by atoms with E-state index in [1.807, 2.05) is 0 Å². The number of ketones is 1. The Kier molecular flexibility index (Phi) is 2.00. The van der Waals surface area contributed by atoms with E-state index in [0.717, 1.165) is 17.3 Å². The molecule has 4 atom stereocenters. The van der Waals surface area contributed by atoms with Crippen LogP contribution in [-0.4, -0.2) is 30.2 Å². The lowest BCUT2D eigenvalue weighted by atomic mass is 9.52. The van der Waals surface area contributed by atoms with Crippen LogP contribution in [0.3, 0.4) is 0 Å². The van der Waals surface area contributed by atoms with Crippen LogP contribution in [0.15, 0.2) is 10.6 Å². The average molecular weight is 313 g/mol. The largest absolute Gasteiger partial charge is 0.374 e. The van der Waals surface area contributed by atoms with Crippen LogP contribution in [0.2, 0.25) is 0 Å². The van der Waals surface area contributed by atoms with Crippen molar-refractivity contribution in [2.75, 3.05) is 13.2 Å². The molecule has 5 aliphatic rings. The highest BCUT2D eigenvalue weighted by Gasteiger charge is 2.72. The standard InChI is InChI=1S/C14H17BrO3/c1-12(2)4-8-3-9-10(15)5-13(8,6-17-12)11(16)14(9)7-18-14/h5,8-9H,3-4,6-7H2,1-2H3/t8-,9+,13?,14+/m1/s1. The fourth-order valence-corrected chi connectivity index (χ4v) is 5.12. The number of halogens is 1. The van der Waals surface area contributed by atoms with Crippen LogP contribution in [0, 0.1) is 17.3 Å². The lowest BCUT2D eigenvalue weighted by molar-refractivity contribution is -0.175. The third-order valence-corrected chi connectivity index (χ3v) is 6.02. The first kappa shape index (κ1) is 11.6. The van der Waals surface area contributed by atoms with Gasteiger partial charge in [0.1, 0.15) is 0 Å². The van der Waals surface area contributed by atoms with Gasteiger partial charge in [-0.05, 0) is 37.1 Å². The first-order valence-electron chi connectivity index (χ1n) is 6.61. The molecule has 5 rings (SSSR count). The first-order valence-corrected chi connectivity index (χ1v) is 7.40. The fraction of sp³-hybridized carbons (Fsp3) is 0.786. The molecular formula is C14H17BrO3. The van der Waals surface area contributed by atoms with Gasteiger partial charge in [0.05, 0.1) is 24.2 Å². The van der Waals surface area contributed by atoms with E-state index in [2.05, 4.69) is 35.9 Å². The summed E-state index contributed by atoms with van der Waals surface area (Å²) in [4.78, 5) is 12.8. The van der Waals surface area contributed by atoms with Crippen LogP contribution in [0.5, 0.6) is 0 Å². The number of carbonyl (C=O) groups excluding carboxylic acids is 1. The summed E-state index contributed by atoms with van der Waals surface area (Å²) in [5.74, 6) is 0.926. The smallest absolute Gasteiger partial charge is 0.180 e. The Labute approximate surface area is 115 Å². The van der Waals surface area contributed by atoms with E-state index in [4.69, 9.17) is 9.47 Å². The van der Waals surface area contributed by atoms with Crippen molar-refractivity contribution < 1.29 is 14.3 Å². The van der Waals surface area contributed by atoms with Crippen LogP contribution in [-0.2, 0) is 14.3 Å². The summed E-state index contributed by atoms with van der Waals surface area (Å²) in [6.07, 6.45) is 4.13. The molecule has 2 saturated heterocycles. The summed E-state index contributed by atoms with van der Waals surface area (Å²) in [7, 11) is 0. The Morgan fingerprint density at radius 3 is 2.72 bits per heavy atom. The first-order chi connectivity index (χ1) is 8.40. The highest BCUT2D eigenvalue weighted by Crippen LogP contribution is 2.64. The third kappa shape index (κ3) is 1.20. The Morgan fingerprint density at radius 2 is 2.06 bits per heavy atom. The van der Waals surface area contributed by atoms with Crippen molar-refractivity contribution in [1.82, 2.24) is 0 Å². The molecule has 3 nitrogen and oxygen atoms in total. The maximum Gasteiger partial charge on any atom is 0.180 e. The van der Waals surface area contributed by atoms with Gasteiger partial charge in [-0.25, -0.2) is 0 Å². The Bertz CT molecular complexity index is 477. The SMILES string of the molecule is CC1(C)C[C@H]2C[C@H]3C(Br)=CC2(CO1)C(=O)[C@]31CO1. The molecule has 2 bridgehead atoms. The number of Topliss-reactive ketones (excluding diaryl/α,β-unsaturated/α-hetero) is 1. The lowest BCUT2D eigenvalue weighted by Crippen LogP contribution is -2.63. The quantitative estimate of drug-likeness (QED) is 0.645. The molecule has 0 aromatic heterocycles. The zero-order chi connectivity index (χ0) is 12.8. The predicted molar refractivity (Wildman–Crippen MR) is 69.4 cm³/mol. The molecule has 0 aromatic carbocycles. The summed E-state index contributed by atoms with van der Waals surface area (Å²) < 4.78 is 12.7. The van der Waals surface area contributed by atoms with Crippen molar-refractivity contribution in [3.63, 3.8) is 0 Å². The minimum atomic E-state index is -0.505. The highest BCUT2D eigenvalue weighted by atomic mass is 79.9. The van der Waals surface area contributed by atoms with Crippen LogP contribution >= 0.6 is 15.9 Å². The minimum absolute atomic E-state index is 0.106. The Morgan fingerprint density at radius 1 is 1.33 bits per heavy atom.